The first-order valence-corrected chi connectivity index (χ1v) is 12.7. The summed E-state index contributed by atoms with van der Waals surface area (Å²) in [5.41, 5.74) is 1.16. The lowest BCUT2D eigenvalue weighted by molar-refractivity contribution is 0.476. The number of sulfone groups is 1. The minimum atomic E-state index is -4.04. The summed E-state index contributed by atoms with van der Waals surface area (Å²) in [5, 5.41) is 0.0955. The van der Waals surface area contributed by atoms with E-state index in [2.05, 4.69) is 11.8 Å². The number of aromatic nitrogens is 1. The number of hydrogen-bond acceptors (Lipinski definition) is 4. The second-order valence-electron chi connectivity index (χ2n) is 8.69. The summed E-state index contributed by atoms with van der Waals surface area (Å²) in [5.74, 6) is -0.489. The van der Waals surface area contributed by atoms with Gasteiger partial charge in [0, 0.05) is 25.3 Å². The predicted molar refractivity (Wildman–Crippen MR) is 126 cm³/mol. The zero-order valence-electron chi connectivity index (χ0n) is 18.8. The molecule has 3 aromatic rings. The molecule has 32 heavy (non-hydrogen) atoms. The number of pyridine rings is 1. The van der Waals surface area contributed by atoms with Gasteiger partial charge in [-0.15, -0.1) is 0 Å². The number of piperidine rings is 1. The second-order valence-corrected chi connectivity index (χ2v) is 10.6. The number of hydrogen-bond donors (Lipinski definition) is 0. The van der Waals surface area contributed by atoms with Gasteiger partial charge in [-0.3, -0.25) is 4.79 Å². The van der Waals surface area contributed by atoms with Gasteiger partial charge in [-0.05, 0) is 69.4 Å². The van der Waals surface area contributed by atoms with Gasteiger partial charge in [0.2, 0.25) is 15.3 Å². The lowest BCUT2D eigenvalue weighted by atomic mass is 10.0. The standard InChI is InChI=1S/C25H29FN2O3S/c1-4-11-27-16-24(32(30,31)19-10-7-8-17(2)13-19)25(29)20-14-21(26)23(15-22(20)27)28-12-6-5-9-18(28)3/h7-8,10,13-16,18H,4-6,9,11-12H2,1-3H3/t18-/m1/s1. The highest BCUT2D eigenvalue weighted by Gasteiger charge is 2.26. The van der Waals surface area contributed by atoms with Crippen molar-refractivity contribution in [3.8, 4) is 0 Å². The van der Waals surface area contributed by atoms with Crippen LogP contribution in [0, 0.1) is 12.7 Å². The molecule has 0 saturated carbocycles. The Balaban J connectivity index is 1.95. The van der Waals surface area contributed by atoms with Gasteiger partial charge in [-0.2, -0.15) is 0 Å². The SMILES string of the molecule is CCCn1cc(S(=O)(=O)c2cccc(C)c2)c(=O)c2cc(F)c(N3CCCC[C@H]3C)cc21. The number of halogens is 1. The summed E-state index contributed by atoms with van der Waals surface area (Å²) in [6, 6.07) is 9.63. The molecule has 0 spiro atoms. The number of fused-ring (bicyclic) bond motifs is 1. The fourth-order valence-corrected chi connectivity index (χ4v) is 6.05. The van der Waals surface area contributed by atoms with E-state index >= 15 is 4.39 Å². The van der Waals surface area contributed by atoms with Gasteiger partial charge >= 0.3 is 0 Å². The molecule has 4 rings (SSSR count). The van der Waals surface area contributed by atoms with Crippen molar-refractivity contribution in [1.82, 2.24) is 4.57 Å². The summed E-state index contributed by atoms with van der Waals surface area (Å²) >= 11 is 0. The van der Waals surface area contributed by atoms with Crippen molar-refractivity contribution in [2.24, 2.45) is 0 Å². The van der Waals surface area contributed by atoms with Gasteiger partial charge in [-0.25, -0.2) is 12.8 Å². The molecule has 170 valence electrons. The summed E-state index contributed by atoms with van der Waals surface area (Å²) in [4.78, 5) is 15.1. The molecule has 1 aliphatic heterocycles. The summed E-state index contributed by atoms with van der Waals surface area (Å²) < 4.78 is 43.7. The van der Waals surface area contributed by atoms with Gasteiger partial charge in [0.1, 0.15) is 10.7 Å². The van der Waals surface area contributed by atoms with Crippen LogP contribution in [0.25, 0.3) is 10.9 Å². The maximum Gasteiger partial charge on any atom is 0.211 e. The first kappa shape index (κ1) is 22.5. The Bertz CT molecular complexity index is 1330. The van der Waals surface area contributed by atoms with Crippen LogP contribution in [0.2, 0.25) is 0 Å². The van der Waals surface area contributed by atoms with Crippen molar-refractivity contribution >= 4 is 26.4 Å². The molecule has 2 heterocycles. The van der Waals surface area contributed by atoms with E-state index in [0.717, 1.165) is 37.8 Å². The van der Waals surface area contributed by atoms with Gasteiger partial charge < -0.3 is 9.47 Å². The maximum absolute atomic E-state index is 15.2. The van der Waals surface area contributed by atoms with E-state index in [4.69, 9.17) is 0 Å². The van der Waals surface area contributed by atoms with Crippen molar-refractivity contribution in [2.45, 2.75) is 68.8 Å². The van der Waals surface area contributed by atoms with Crippen LogP contribution in [0.15, 0.2) is 57.2 Å². The van der Waals surface area contributed by atoms with Crippen molar-refractivity contribution in [3.63, 3.8) is 0 Å². The molecule has 7 heteroatoms. The molecule has 1 atom stereocenters. The van der Waals surface area contributed by atoms with Crippen LogP contribution >= 0.6 is 0 Å². The van der Waals surface area contributed by atoms with Crippen LogP contribution in [0.3, 0.4) is 0 Å². The van der Waals surface area contributed by atoms with E-state index in [1.54, 1.807) is 35.8 Å². The van der Waals surface area contributed by atoms with E-state index in [1.165, 1.54) is 18.3 Å². The lowest BCUT2D eigenvalue weighted by Crippen LogP contribution is -2.38. The smallest absolute Gasteiger partial charge is 0.211 e. The molecule has 0 amide bonds. The van der Waals surface area contributed by atoms with Crippen molar-refractivity contribution in [1.29, 1.82) is 0 Å². The lowest BCUT2D eigenvalue weighted by Gasteiger charge is -2.35. The first-order chi connectivity index (χ1) is 15.2. The highest BCUT2D eigenvalue weighted by Crippen LogP contribution is 2.31. The molecule has 2 aromatic carbocycles. The Hall–Kier alpha value is -2.67. The van der Waals surface area contributed by atoms with Gasteiger partial charge in [-0.1, -0.05) is 19.1 Å². The molecular formula is C25H29FN2O3S. The van der Waals surface area contributed by atoms with Crippen molar-refractivity contribution in [2.75, 3.05) is 11.4 Å². The average Bonchev–Trinajstić information content (AvgIpc) is 2.76. The largest absolute Gasteiger partial charge is 0.366 e. The molecule has 1 aliphatic rings. The average molecular weight is 457 g/mol. The first-order valence-electron chi connectivity index (χ1n) is 11.2. The molecule has 5 nitrogen and oxygen atoms in total. The number of benzene rings is 2. The van der Waals surface area contributed by atoms with E-state index in [-0.39, 0.29) is 21.2 Å². The molecule has 1 saturated heterocycles. The predicted octanol–water partition coefficient (Wildman–Crippen LogP) is 5.07. The number of rotatable bonds is 5. The Morgan fingerprint density at radius 1 is 1.16 bits per heavy atom. The number of anilines is 1. The van der Waals surface area contributed by atoms with Crippen LogP contribution in [0.4, 0.5) is 10.1 Å². The molecule has 0 bridgehead atoms. The topological polar surface area (TPSA) is 59.4 Å². The second kappa shape index (κ2) is 8.70. The maximum atomic E-state index is 15.2. The molecule has 0 unspecified atom stereocenters. The number of aryl methyl sites for hydroxylation is 2. The van der Waals surface area contributed by atoms with Gasteiger partial charge in [0.15, 0.2) is 0 Å². The van der Waals surface area contributed by atoms with Crippen molar-refractivity contribution in [3.05, 3.63) is 64.2 Å². The highest BCUT2D eigenvalue weighted by molar-refractivity contribution is 7.91. The quantitative estimate of drug-likeness (QED) is 0.538. The van der Waals surface area contributed by atoms with Crippen LogP contribution in [0.1, 0.15) is 45.1 Å². The molecule has 1 aromatic heterocycles. The summed E-state index contributed by atoms with van der Waals surface area (Å²) in [6.45, 7) is 7.15. The van der Waals surface area contributed by atoms with Gasteiger partial charge in [0.05, 0.1) is 21.5 Å². The summed E-state index contributed by atoms with van der Waals surface area (Å²) in [7, 11) is -4.04. The fourth-order valence-electron chi connectivity index (χ4n) is 4.58. The van der Waals surface area contributed by atoms with E-state index < -0.39 is 21.1 Å². The normalized spacial score (nSPS) is 17.1. The van der Waals surface area contributed by atoms with Crippen molar-refractivity contribution < 1.29 is 12.8 Å². The third kappa shape index (κ3) is 3.94. The Labute approximate surface area is 188 Å². The van der Waals surface area contributed by atoms with Crippen LogP contribution < -0.4 is 10.3 Å². The third-order valence-corrected chi connectivity index (χ3v) is 8.03. The van der Waals surface area contributed by atoms with Crippen LogP contribution in [-0.2, 0) is 16.4 Å². The van der Waals surface area contributed by atoms with Crippen LogP contribution in [-0.4, -0.2) is 25.6 Å². The summed E-state index contributed by atoms with van der Waals surface area (Å²) in [6.07, 6.45) is 5.28. The Morgan fingerprint density at radius 2 is 1.94 bits per heavy atom. The monoisotopic (exact) mass is 456 g/mol. The Morgan fingerprint density at radius 3 is 2.62 bits per heavy atom. The highest BCUT2D eigenvalue weighted by atomic mass is 32.2. The molecule has 0 aliphatic carbocycles. The minimum absolute atomic E-state index is 0.0660. The minimum Gasteiger partial charge on any atom is -0.366 e. The van der Waals surface area contributed by atoms with Crippen LogP contribution in [0.5, 0.6) is 0 Å². The van der Waals surface area contributed by atoms with E-state index in [9.17, 15) is 13.2 Å². The molecule has 0 N–H and O–H groups in total. The fraction of sp³-hybridized carbons (Fsp3) is 0.400. The number of nitrogens with zero attached hydrogens (tertiary/aromatic N) is 2. The zero-order valence-corrected chi connectivity index (χ0v) is 19.6. The molecule has 1 fully saturated rings. The van der Waals surface area contributed by atoms with E-state index in [0.29, 0.717) is 17.7 Å². The molecular weight excluding hydrogens is 427 g/mol. The zero-order chi connectivity index (χ0) is 23.0. The Kier molecular flexibility index (Phi) is 6.12. The third-order valence-electron chi connectivity index (χ3n) is 6.28. The van der Waals surface area contributed by atoms with Gasteiger partial charge in [0.25, 0.3) is 0 Å². The van der Waals surface area contributed by atoms with E-state index in [1.807, 2.05) is 6.92 Å². The molecule has 0 radical (unpaired) electrons.